The highest BCUT2D eigenvalue weighted by Gasteiger charge is 2.11. The molecule has 0 saturated heterocycles. The molecule has 1 amide bonds. The third-order valence-corrected chi connectivity index (χ3v) is 3.90. The number of imidazole rings is 1. The Labute approximate surface area is 149 Å². The average molecular weight is 359 g/mol. The second kappa shape index (κ2) is 7.42. The molecule has 0 aliphatic carbocycles. The molecule has 2 N–H and O–H groups in total. The summed E-state index contributed by atoms with van der Waals surface area (Å²) in [6.45, 7) is 0. The van der Waals surface area contributed by atoms with E-state index in [4.69, 9.17) is 11.6 Å². The summed E-state index contributed by atoms with van der Waals surface area (Å²) < 4.78 is 4.89. The molecule has 3 rings (SSSR count). The van der Waals surface area contributed by atoms with Gasteiger partial charge >= 0.3 is 0 Å². The first-order valence-electron chi connectivity index (χ1n) is 7.16. The molecule has 0 saturated carbocycles. The summed E-state index contributed by atoms with van der Waals surface area (Å²) in [6, 6.07) is 15.0. The van der Waals surface area contributed by atoms with Crippen molar-refractivity contribution in [2.75, 3.05) is 16.3 Å². The number of carbonyl (C=O) groups is 1. The summed E-state index contributed by atoms with van der Waals surface area (Å²) in [5, 5.41) is 3.36. The highest BCUT2D eigenvalue weighted by atomic mass is 35.5. The Hall–Kier alpha value is -2.44. The second-order valence-corrected chi connectivity index (χ2v) is 6.04. The van der Waals surface area contributed by atoms with Crippen molar-refractivity contribution in [3.8, 4) is 5.69 Å². The first-order chi connectivity index (χ1) is 11.7. The Morgan fingerprint density at radius 1 is 1.17 bits per heavy atom. The predicted octanol–water partition coefficient (Wildman–Crippen LogP) is 4.47. The van der Waals surface area contributed by atoms with Crippen LogP contribution in [0.25, 0.3) is 5.69 Å². The molecule has 0 bridgehead atoms. The van der Waals surface area contributed by atoms with Crippen molar-refractivity contribution in [2.45, 2.75) is 0 Å². The molecule has 24 heavy (non-hydrogen) atoms. The number of para-hydroxylation sites is 1. The zero-order valence-corrected chi connectivity index (χ0v) is 14.4. The zero-order chi connectivity index (χ0) is 16.9. The van der Waals surface area contributed by atoms with E-state index in [-0.39, 0.29) is 5.91 Å². The van der Waals surface area contributed by atoms with E-state index in [0.717, 1.165) is 11.4 Å². The zero-order valence-electron chi connectivity index (χ0n) is 12.9. The van der Waals surface area contributed by atoms with E-state index in [1.165, 1.54) is 11.9 Å². The van der Waals surface area contributed by atoms with Crippen LogP contribution in [0.1, 0.15) is 10.5 Å². The number of nitrogens with zero attached hydrogens (tertiary/aromatic N) is 2. The largest absolute Gasteiger partial charge is 0.330 e. The summed E-state index contributed by atoms with van der Waals surface area (Å²) in [5.41, 5.74) is 2.70. The maximum Gasteiger partial charge on any atom is 0.275 e. The van der Waals surface area contributed by atoms with Crippen molar-refractivity contribution in [3.63, 3.8) is 0 Å². The molecular weight excluding hydrogens is 344 g/mol. The summed E-state index contributed by atoms with van der Waals surface area (Å²) in [7, 11) is 0. The first kappa shape index (κ1) is 16.4. The molecule has 0 aliphatic heterocycles. The molecule has 1 heterocycles. The van der Waals surface area contributed by atoms with Crippen LogP contribution in [0.3, 0.4) is 0 Å². The van der Waals surface area contributed by atoms with Gasteiger partial charge in [-0.3, -0.25) is 4.79 Å². The lowest BCUT2D eigenvalue weighted by atomic mass is 10.2. The fraction of sp³-hybridized carbons (Fsp3) is 0.0588. The number of benzene rings is 2. The Kier molecular flexibility index (Phi) is 5.08. The molecule has 3 aromatic rings. The lowest BCUT2D eigenvalue weighted by molar-refractivity contribution is 0.102. The van der Waals surface area contributed by atoms with Crippen molar-refractivity contribution < 1.29 is 4.79 Å². The first-order valence-corrected chi connectivity index (χ1v) is 8.76. The number of hydrogen-bond acceptors (Lipinski definition) is 4. The summed E-state index contributed by atoms with van der Waals surface area (Å²) in [6.07, 6.45) is 5.22. The maximum atomic E-state index is 12.4. The van der Waals surface area contributed by atoms with Gasteiger partial charge in [0.1, 0.15) is 12.0 Å². The Balaban J connectivity index is 1.77. The Morgan fingerprint density at radius 3 is 2.67 bits per heavy atom. The lowest BCUT2D eigenvalue weighted by Gasteiger charge is -2.08. The number of rotatable bonds is 5. The Morgan fingerprint density at radius 2 is 1.92 bits per heavy atom. The number of halogens is 1. The minimum absolute atomic E-state index is 0.290. The normalized spacial score (nSPS) is 10.4. The number of anilines is 2. The van der Waals surface area contributed by atoms with Gasteiger partial charge in [0.2, 0.25) is 0 Å². The van der Waals surface area contributed by atoms with E-state index < -0.39 is 0 Å². The van der Waals surface area contributed by atoms with Gasteiger partial charge in [0.25, 0.3) is 5.91 Å². The standard InChI is InChI=1S/C17H15ClN4OS/c1-24-21-14-8-12(18)7-13(9-14)20-17(23)16-10-22(11-19-16)15-5-3-2-4-6-15/h2-11,21H,1H3,(H,20,23). The predicted molar refractivity (Wildman–Crippen MR) is 100 cm³/mol. The Bertz CT molecular complexity index is 851. The number of carbonyl (C=O) groups excluding carboxylic acids is 1. The number of nitrogens with one attached hydrogen (secondary N) is 2. The minimum atomic E-state index is -0.290. The van der Waals surface area contributed by atoms with Crippen molar-refractivity contribution in [3.05, 3.63) is 71.8 Å². The van der Waals surface area contributed by atoms with Gasteiger partial charge in [-0.1, -0.05) is 41.7 Å². The van der Waals surface area contributed by atoms with Gasteiger partial charge in [0.15, 0.2) is 0 Å². The van der Waals surface area contributed by atoms with Crippen LogP contribution in [-0.2, 0) is 0 Å². The van der Waals surface area contributed by atoms with E-state index in [2.05, 4.69) is 15.0 Å². The molecule has 1 aromatic heterocycles. The van der Waals surface area contributed by atoms with Gasteiger partial charge in [-0.05, 0) is 30.3 Å². The molecule has 5 nitrogen and oxygen atoms in total. The van der Waals surface area contributed by atoms with Crippen LogP contribution < -0.4 is 10.0 Å². The summed E-state index contributed by atoms with van der Waals surface area (Å²) >= 11 is 7.53. The van der Waals surface area contributed by atoms with Crippen LogP contribution >= 0.6 is 23.5 Å². The van der Waals surface area contributed by atoms with Gasteiger partial charge in [0.05, 0.1) is 0 Å². The number of aromatic nitrogens is 2. The molecule has 0 radical (unpaired) electrons. The maximum absolute atomic E-state index is 12.4. The molecule has 0 spiro atoms. The lowest BCUT2D eigenvalue weighted by Crippen LogP contribution is -2.12. The molecule has 122 valence electrons. The van der Waals surface area contributed by atoms with Gasteiger partial charge in [-0.25, -0.2) is 4.98 Å². The summed E-state index contributed by atoms with van der Waals surface area (Å²) in [5.74, 6) is -0.290. The molecular formula is C17H15ClN4OS. The average Bonchev–Trinajstić information content (AvgIpc) is 3.05. The van der Waals surface area contributed by atoms with Crippen LogP contribution in [-0.4, -0.2) is 21.7 Å². The van der Waals surface area contributed by atoms with Crippen LogP contribution in [0.4, 0.5) is 11.4 Å². The molecule has 0 atom stereocenters. The van der Waals surface area contributed by atoms with Gasteiger partial charge in [-0.2, -0.15) is 0 Å². The molecule has 7 heteroatoms. The third kappa shape index (κ3) is 3.90. The fourth-order valence-electron chi connectivity index (χ4n) is 2.22. The van der Waals surface area contributed by atoms with E-state index in [1.807, 2.05) is 42.7 Å². The van der Waals surface area contributed by atoms with E-state index in [9.17, 15) is 4.79 Å². The van der Waals surface area contributed by atoms with Crippen LogP contribution in [0.5, 0.6) is 0 Å². The highest BCUT2D eigenvalue weighted by molar-refractivity contribution is 7.99. The van der Waals surface area contributed by atoms with E-state index in [1.54, 1.807) is 29.2 Å². The molecule has 0 unspecified atom stereocenters. The number of amides is 1. The second-order valence-electron chi connectivity index (χ2n) is 4.99. The number of hydrogen-bond donors (Lipinski definition) is 2. The van der Waals surface area contributed by atoms with Gasteiger partial charge < -0.3 is 14.6 Å². The van der Waals surface area contributed by atoms with Gasteiger partial charge in [0, 0.05) is 34.5 Å². The smallest absolute Gasteiger partial charge is 0.275 e. The van der Waals surface area contributed by atoms with Crippen LogP contribution in [0.15, 0.2) is 61.1 Å². The van der Waals surface area contributed by atoms with Crippen molar-refractivity contribution >= 4 is 40.8 Å². The SMILES string of the molecule is CSNc1cc(Cl)cc(NC(=O)c2cn(-c3ccccc3)cn2)c1. The molecule has 2 aromatic carbocycles. The van der Waals surface area contributed by atoms with Crippen molar-refractivity contribution in [1.29, 1.82) is 0 Å². The van der Waals surface area contributed by atoms with Crippen LogP contribution in [0.2, 0.25) is 5.02 Å². The van der Waals surface area contributed by atoms with Crippen molar-refractivity contribution in [1.82, 2.24) is 9.55 Å². The van der Waals surface area contributed by atoms with E-state index in [0.29, 0.717) is 16.4 Å². The van der Waals surface area contributed by atoms with Crippen molar-refractivity contribution in [2.24, 2.45) is 0 Å². The quantitative estimate of drug-likeness (QED) is 0.661. The minimum Gasteiger partial charge on any atom is -0.330 e. The summed E-state index contributed by atoms with van der Waals surface area (Å²) in [4.78, 5) is 16.6. The topological polar surface area (TPSA) is 58.9 Å². The molecule has 0 aliphatic rings. The van der Waals surface area contributed by atoms with Crippen LogP contribution in [0, 0.1) is 0 Å². The highest BCUT2D eigenvalue weighted by Crippen LogP contribution is 2.24. The fourth-order valence-corrected chi connectivity index (χ4v) is 2.80. The van der Waals surface area contributed by atoms with Gasteiger partial charge in [-0.15, -0.1) is 0 Å². The van der Waals surface area contributed by atoms with E-state index >= 15 is 0 Å². The monoisotopic (exact) mass is 358 g/mol. The third-order valence-electron chi connectivity index (χ3n) is 3.25. The molecule has 0 fully saturated rings.